The van der Waals surface area contributed by atoms with Crippen molar-refractivity contribution in [1.29, 1.82) is 0 Å². The third kappa shape index (κ3) is 3.66. The van der Waals surface area contributed by atoms with E-state index in [2.05, 4.69) is 29.0 Å². The van der Waals surface area contributed by atoms with Crippen molar-refractivity contribution in [2.45, 2.75) is 44.4 Å². The molecule has 3 heterocycles. The fourth-order valence-electron chi connectivity index (χ4n) is 3.79. The number of ether oxygens (including phenoxy) is 2. The van der Waals surface area contributed by atoms with Crippen molar-refractivity contribution < 1.29 is 13.9 Å². The number of oxazole rings is 1. The average Bonchev–Trinajstić information content (AvgIpc) is 3.12. The Morgan fingerprint density at radius 1 is 1.36 bits per heavy atom. The smallest absolute Gasteiger partial charge is 0.295 e. The lowest BCUT2D eigenvalue weighted by Crippen LogP contribution is -2.47. The van der Waals surface area contributed by atoms with Crippen LogP contribution in [0.4, 0.5) is 6.01 Å². The second-order valence-corrected chi connectivity index (χ2v) is 7.45. The molecule has 0 aliphatic carbocycles. The van der Waals surface area contributed by atoms with Crippen LogP contribution in [-0.2, 0) is 9.47 Å². The third-order valence-corrected chi connectivity index (χ3v) is 5.22. The molecule has 6 heteroatoms. The van der Waals surface area contributed by atoms with Gasteiger partial charge in [0.1, 0.15) is 11.1 Å². The van der Waals surface area contributed by atoms with E-state index in [9.17, 15) is 0 Å². The van der Waals surface area contributed by atoms with E-state index in [0.29, 0.717) is 25.2 Å². The van der Waals surface area contributed by atoms with Gasteiger partial charge in [-0.2, -0.15) is 4.98 Å². The maximum atomic E-state index is 6.45. The Balaban J connectivity index is 1.36. The first-order valence-corrected chi connectivity index (χ1v) is 9.23. The quantitative estimate of drug-likeness (QED) is 0.919. The predicted octanol–water partition coefficient (Wildman–Crippen LogP) is 2.90. The van der Waals surface area contributed by atoms with Crippen LogP contribution in [-0.4, -0.2) is 60.5 Å². The summed E-state index contributed by atoms with van der Waals surface area (Å²) in [7, 11) is 0. The molecule has 25 heavy (non-hydrogen) atoms. The standard InChI is InChI=1S/C19H27N3O3/c1-14(2)22-9-10-23-13-19(12-22)8-7-15(25-19)11-20-18-21-16-5-3-4-6-17(16)24-18/h3-6,14-15H,7-13H2,1-2H3,(H,20,21)/t15-,19-/m0/s1. The van der Waals surface area contributed by atoms with Gasteiger partial charge in [0.05, 0.1) is 19.3 Å². The highest BCUT2D eigenvalue weighted by atomic mass is 16.6. The molecule has 2 aliphatic rings. The molecule has 0 amide bonds. The van der Waals surface area contributed by atoms with Gasteiger partial charge < -0.3 is 19.2 Å². The van der Waals surface area contributed by atoms with E-state index in [0.717, 1.165) is 43.6 Å². The molecule has 4 rings (SSSR count). The van der Waals surface area contributed by atoms with Crippen LogP contribution in [0.1, 0.15) is 26.7 Å². The molecule has 0 bridgehead atoms. The Bertz CT molecular complexity index is 684. The van der Waals surface area contributed by atoms with Gasteiger partial charge in [-0.15, -0.1) is 0 Å². The van der Waals surface area contributed by atoms with Crippen LogP contribution in [0.15, 0.2) is 28.7 Å². The van der Waals surface area contributed by atoms with Crippen molar-refractivity contribution in [2.24, 2.45) is 0 Å². The lowest BCUT2D eigenvalue weighted by atomic mass is 9.99. The SMILES string of the molecule is CC(C)N1CCOC[C@]2(CC[C@@H](CNc3nc4ccccc4o3)O2)C1. The zero-order valence-corrected chi connectivity index (χ0v) is 15.0. The number of nitrogens with one attached hydrogen (secondary N) is 1. The van der Waals surface area contributed by atoms with Crippen molar-refractivity contribution in [2.75, 3.05) is 38.2 Å². The summed E-state index contributed by atoms with van der Waals surface area (Å²) in [5.41, 5.74) is 1.51. The first-order chi connectivity index (χ1) is 12.1. The van der Waals surface area contributed by atoms with Crippen molar-refractivity contribution in [3.8, 4) is 0 Å². The molecule has 2 saturated heterocycles. The van der Waals surface area contributed by atoms with Crippen LogP contribution in [0.2, 0.25) is 0 Å². The number of para-hydroxylation sites is 2. The number of rotatable bonds is 4. The number of anilines is 1. The minimum absolute atomic E-state index is 0.158. The molecule has 2 aromatic rings. The van der Waals surface area contributed by atoms with Crippen LogP contribution in [0.3, 0.4) is 0 Å². The molecule has 136 valence electrons. The summed E-state index contributed by atoms with van der Waals surface area (Å²) in [5, 5.41) is 3.29. The molecular weight excluding hydrogens is 318 g/mol. The van der Waals surface area contributed by atoms with Gasteiger partial charge in [-0.05, 0) is 38.8 Å². The number of hydrogen-bond acceptors (Lipinski definition) is 6. The van der Waals surface area contributed by atoms with Crippen LogP contribution < -0.4 is 5.32 Å². The molecule has 1 N–H and O–H groups in total. The largest absolute Gasteiger partial charge is 0.424 e. The summed E-state index contributed by atoms with van der Waals surface area (Å²) < 4.78 is 18.0. The minimum atomic E-state index is -0.172. The monoisotopic (exact) mass is 345 g/mol. The van der Waals surface area contributed by atoms with Gasteiger partial charge in [-0.3, -0.25) is 4.90 Å². The van der Waals surface area contributed by atoms with Crippen molar-refractivity contribution in [3.63, 3.8) is 0 Å². The maximum Gasteiger partial charge on any atom is 0.295 e. The number of fused-ring (bicyclic) bond motifs is 1. The van der Waals surface area contributed by atoms with Gasteiger partial charge in [0, 0.05) is 25.7 Å². The summed E-state index contributed by atoms with van der Waals surface area (Å²) >= 11 is 0. The number of benzene rings is 1. The van der Waals surface area contributed by atoms with Gasteiger partial charge in [0.2, 0.25) is 0 Å². The van der Waals surface area contributed by atoms with Gasteiger partial charge >= 0.3 is 0 Å². The molecule has 2 atom stereocenters. The molecule has 1 spiro atoms. The number of aromatic nitrogens is 1. The van der Waals surface area contributed by atoms with Crippen molar-refractivity contribution in [1.82, 2.24) is 9.88 Å². The summed E-state index contributed by atoms with van der Waals surface area (Å²) in [6, 6.07) is 8.87. The Morgan fingerprint density at radius 3 is 3.08 bits per heavy atom. The van der Waals surface area contributed by atoms with E-state index >= 15 is 0 Å². The summed E-state index contributed by atoms with van der Waals surface area (Å²) in [4.78, 5) is 6.92. The summed E-state index contributed by atoms with van der Waals surface area (Å²) in [6.07, 6.45) is 2.23. The van der Waals surface area contributed by atoms with Crippen molar-refractivity contribution >= 4 is 17.1 Å². The molecule has 1 aromatic heterocycles. The van der Waals surface area contributed by atoms with Crippen LogP contribution >= 0.6 is 0 Å². The van der Waals surface area contributed by atoms with E-state index in [1.807, 2.05) is 24.3 Å². The Labute approximate surface area is 148 Å². The maximum absolute atomic E-state index is 6.45. The van der Waals surface area contributed by atoms with E-state index in [4.69, 9.17) is 13.9 Å². The summed E-state index contributed by atoms with van der Waals surface area (Å²) in [6.45, 7) is 8.58. The molecule has 1 aromatic carbocycles. The second kappa shape index (κ2) is 6.94. The highest BCUT2D eigenvalue weighted by Crippen LogP contribution is 2.33. The topological polar surface area (TPSA) is 59.8 Å². The molecule has 0 radical (unpaired) electrons. The average molecular weight is 345 g/mol. The molecule has 0 unspecified atom stereocenters. The Morgan fingerprint density at radius 2 is 2.24 bits per heavy atom. The van der Waals surface area contributed by atoms with Gasteiger partial charge in [0.25, 0.3) is 6.01 Å². The minimum Gasteiger partial charge on any atom is -0.424 e. The highest BCUT2D eigenvalue weighted by Gasteiger charge is 2.43. The lowest BCUT2D eigenvalue weighted by molar-refractivity contribution is -0.0839. The first kappa shape index (κ1) is 16.8. The molecule has 2 aliphatic heterocycles. The highest BCUT2D eigenvalue weighted by molar-refractivity contribution is 5.74. The van der Waals surface area contributed by atoms with E-state index < -0.39 is 0 Å². The lowest BCUT2D eigenvalue weighted by Gasteiger charge is -2.33. The Hall–Kier alpha value is -1.63. The number of nitrogens with zero attached hydrogens (tertiary/aromatic N) is 2. The normalized spacial score (nSPS) is 28.0. The summed E-state index contributed by atoms with van der Waals surface area (Å²) in [5.74, 6) is 0. The zero-order chi connectivity index (χ0) is 17.3. The fourth-order valence-corrected chi connectivity index (χ4v) is 3.79. The molecule has 0 saturated carbocycles. The fraction of sp³-hybridized carbons (Fsp3) is 0.632. The van der Waals surface area contributed by atoms with Crippen molar-refractivity contribution in [3.05, 3.63) is 24.3 Å². The van der Waals surface area contributed by atoms with Crippen LogP contribution in [0, 0.1) is 0 Å². The van der Waals surface area contributed by atoms with Gasteiger partial charge in [0.15, 0.2) is 5.58 Å². The molecule has 6 nitrogen and oxygen atoms in total. The van der Waals surface area contributed by atoms with E-state index in [-0.39, 0.29) is 11.7 Å². The first-order valence-electron chi connectivity index (χ1n) is 9.23. The third-order valence-electron chi connectivity index (χ3n) is 5.22. The molecular formula is C19H27N3O3. The molecule has 2 fully saturated rings. The predicted molar refractivity (Wildman–Crippen MR) is 96.9 cm³/mol. The van der Waals surface area contributed by atoms with Gasteiger partial charge in [-0.1, -0.05) is 12.1 Å². The van der Waals surface area contributed by atoms with E-state index in [1.165, 1.54) is 0 Å². The number of hydrogen-bond donors (Lipinski definition) is 1. The second-order valence-electron chi connectivity index (χ2n) is 7.45. The van der Waals surface area contributed by atoms with Gasteiger partial charge in [-0.25, -0.2) is 0 Å². The zero-order valence-electron chi connectivity index (χ0n) is 15.0. The van der Waals surface area contributed by atoms with E-state index in [1.54, 1.807) is 0 Å². The van der Waals surface area contributed by atoms with Crippen LogP contribution in [0.5, 0.6) is 0 Å². The Kier molecular flexibility index (Phi) is 4.67. The van der Waals surface area contributed by atoms with Crippen LogP contribution in [0.25, 0.3) is 11.1 Å².